The summed E-state index contributed by atoms with van der Waals surface area (Å²) in [5.74, 6) is -0.386. The maximum absolute atomic E-state index is 12.3. The second kappa shape index (κ2) is 10.2. The minimum absolute atomic E-state index is 0.0300. The van der Waals surface area contributed by atoms with Crippen molar-refractivity contribution in [3.63, 3.8) is 0 Å². The highest BCUT2D eigenvalue weighted by atomic mass is 35.5. The number of carbonyl (C=O) groups excluding carboxylic acids is 2. The minimum atomic E-state index is -0.196. The van der Waals surface area contributed by atoms with Gasteiger partial charge in [0.1, 0.15) is 0 Å². The lowest BCUT2D eigenvalue weighted by Gasteiger charge is -2.18. The van der Waals surface area contributed by atoms with Crippen molar-refractivity contribution in [3.8, 4) is 0 Å². The fraction of sp³-hybridized carbons (Fsp3) is 0.364. The van der Waals surface area contributed by atoms with E-state index < -0.39 is 0 Å². The summed E-state index contributed by atoms with van der Waals surface area (Å²) in [5, 5.41) is 9.23. The van der Waals surface area contributed by atoms with Gasteiger partial charge in [-0.3, -0.25) is 9.59 Å². The maximum atomic E-state index is 12.3. The van der Waals surface area contributed by atoms with E-state index in [9.17, 15) is 9.59 Å². The summed E-state index contributed by atoms with van der Waals surface area (Å²) in [7, 11) is 0. The smallest absolute Gasteiger partial charge is 0.253 e. The lowest BCUT2D eigenvalue weighted by Crippen LogP contribution is -2.27. The fourth-order valence-corrected chi connectivity index (χ4v) is 3.48. The van der Waals surface area contributed by atoms with E-state index in [1.807, 2.05) is 31.2 Å². The quantitative estimate of drug-likeness (QED) is 0.607. The number of anilines is 3. The second-order valence-corrected chi connectivity index (χ2v) is 7.53. The molecule has 0 atom stereocenters. The largest absolute Gasteiger partial charge is 0.375 e. The molecule has 6 nitrogen and oxygen atoms in total. The average Bonchev–Trinajstić information content (AvgIpc) is 3.26. The van der Waals surface area contributed by atoms with Crippen LogP contribution in [0.5, 0.6) is 0 Å². The molecule has 1 aliphatic rings. The Morgan fingerprint density at radius 3 is 2.48 bits per heavy atom. The highest BCUT2D eigenvalue weighted by molar-refractivity contribution is 6.31. The molecule has 2 aromatic carbocycles. The molecule has 1 heterocycles. The van der Waals surface area contributed by atoms with Crippen molar-refractivity contribution in [2.75, 3.05) is 41.7 Å². The van der Waals surface area contributed by atoms with Gasteiger partial charge in [0.25, 0.3) is 5.91 Å². The summed E-state index contributed by atoms with van der Waals surface area (Å²) in [4.78, 5) is 27.0. The first kappa shape index (κ1) is 21.0. The van der Waals surface area contributed by atoms with Gasteiger partial charge < -0.3 is 20.9 Å². The molecule has 0 spiro atoms. The molecule has 2 amide bonds. The predicted octanol–water partition coefficient (Wildman–Crippen LogP) is 4.13. The number of nitrogens with one attached hydrogen (secondary N) is 3. The Morgan fingerprint density at radius 1 is 1.07 bits per heavy atom. The summed E-state index contributed by atoms with van der Waals surface area (Å²) in [5.41, 5.74) is 2.92. The van der Waals surface area contributed by atoms with Crippen molar-refractivity contribution in [1.82, 2.24) is 5.32 Å². The molecule has 0 saturated carbocycles. The van der Waals surface area contributed by atoms with E-state index in [0.29, 0.717) is 22.8 Å². The lowest BCUT2D eigenvalue weighted by atomic mass is 10.1. The van der Waals surface area contributed by atoms with Gasteiger partial charge in [0.2, 0.25) is 5.91 Å². The van der Waals surface area contributed by atoms with Crippen LogP contribution in [0.25, 0.3) is 0 Å². The molecular formula is C22H27ClN4O2. The van der Waals surface area contributed by atoms with Gasteiger partial charge >= 0.3 is 0 Å². The molecule has 1 fully saturated rings. The molecular weight excluding hydrogens is 388 g/mol. The molecule has 0 unspecified atom stereocenters. The molecule has 3 rings (SSSR count). The maximum Gasteiger partial charge on any atom is 0.253 e. The monoisotopic (exact) mass is 414 g/mol. The Kier molecular flexibility index (Phi) is 7.36. The average molecular weight is 415 g/mol. The number of hydrogen-bond acceptors (Lipinski definition) is 4. The van der Waals surface area contributed by atoms with Crippen molar-refractivity contribution in [3.05, 3.63) is 53.1 Å². The zero-order chi connectivity index (χ0) is 20.6. The molecule has 2 aromatic rings. The van der Waals surface area contributed by atoms with E-state index in [-0.39, 0.29) is 18.4 Å². The van der Waals surface area contributed by atoms with Crippen molar-refractivity contribution < 1.29 is 9.59 Å². The van der Waals surface area contributed by atoms with Crippen LogP contribution in [0.1, 0.15) is 36.5 Å². The van der Waals surface area contributed by atoms with Crippen LogP contribution in [-0.4, -0.2) is 38.0 Å². The van der Waals surface area contributed by atoms with Gasteiger partial charge in [-0.05, 0) is 61.7 Å². The number of halogens is 1. The Labute approximate surface area is 176 Å². The summed E-state index contributed by atoms with van der Waals surface area (Å²) in [6, 6.07) is 12.9. The van der Waals surface area contributed by atoms with Crippen LogP contribution >= 0.6 is 11.6 Å². The van der Waals surface area contributed by atoms with E-state index in [2.05, 4.69) is 20.9 Å². The van der Waals surface area contributed by atoms with Crippen molar-refractivity contribution in [2.24, 2.45) is 0 Å². The molecule has 3 N–H and O–H groups in total. The lowest BCUT2D eigenvalue weighted by molar-refractivity contribution is -0.114. The van der Waals surface area contributed by atoms with Crippen LogP contribution in [-0.2, 0) is 4.79 Å². The third kappa shape index (κ3) is 5.87. The van der Waals surface area contributed by atoms with E-state index >= 15 is 0 Å². The van der Waals surface area contributed by atoms with Crippen LogP contribution in [0.4, 0.5) is 17.1 Å². The number of carbonyl (C=O) groups is 2. The van der Waals surface area contributed by atoms with Gasteiger partial charge in [-0.25, -0.2) is 0 Å². The minimum Gasteiger partial charge on any atom is -0.375 e. The van der Waals surface area contributed by atoms with Crippen molar-refractivity contribution in [2.45, 2.75) is 26.2 Å². The normalized spacial score (nSPS) is 13.2. The first-order chi connectivity index (χ1) is 14.1. The Hall–Kier alpha value is -2.73. The van der Waals surface area contributed by atoms with Crippen LogP contribution in [0.3, 0.4) is 0 Å². The van der Waals surface area contributed by atoms with E-state index in [4.69, 9.17) is 11.6 Å². The molecule has 0 aromatic heterocycles. The summed E-state index contributed by atoms with van der Waals surface area (Å²) < 4.78 is 0. The topological polar surface area (TPSA) is 73.5 Å². The molecule has 0 aliphatic carbocycles. The third-order valence-corrected chi connectivity index (χ3v) is 5.06. The molecule has 1 saturated heterocycles. The highest BCUT2D eigenvalue weighted by Gasteiger charge is 2.14. The Morgan fingerprint density at radius 2 is 1.79 bits per heavy atom. The van der Waals surface area contributed by atoms with Crippen LogP contribution in [0.15, 0.2) is 42.5 Å². The van der Waals surface area contributed by atoms with Gasteiger partial charge in [-0.1, -0.05) is 18.5 Å². The molecule has 0 bridgehead atoms. The van der Waals surface area contributed by atoms with E-state index in [1.54, 1.807) is 18.2 Å². The number of hydrogen-bond donors (Lipinski definition) is 3. The molecule has 7 heteroatoms. The third-order valence-electron chi connectivity index (χ3n) is 4.82. The number of nitrogens with zero attached hydrogens (tertiary/aromatic N) is 1. The Bertz CT molecular complexity index is 848. The predicted molar refractivity (Wildman–Crippen MR) is 119 cm³/mol. The summed E-state index contributed by atoms with van der Waals surface area (Å²) in [6.45, 7) is 4.78. The molecule has 1 aliphatic heterocycles. The summed E-state index contributed by atoms with van der Waals surface area (Å²) in [6.07, 6.45) is 3.30. The first-order valence-corrected chi connectivity index (χ1v) is 10.4. The standard InChI is InChI=1S/C22H27ClN4O2/c1-2-11-24-22(29)19-10-5-16(23)14-20(19)25-15-21(28)26-17-6-8-18(9-7-17)27-12-3-4-13-27/h5-10,14,25H,2-4,11-13,15H2,1H3,(H,24,29)(H,26,28). The van der Waals surface area contributed by atoms with Crippen molar-refractivity contribution >= 4 is 40.5 Å². The van der Waals surface area contributed by atoms with Gasteiger partial charge in [0.15, 0.2) is 0 Å². The van der Waals surface area contributed by atoms with Gasteiger partial charge in [-0.15, -0.1) is 0 Å². The zero-order valence-electron chi connectivity index (χ0n) is 16.6. The van der Waals surface area contributed by atoms with Crippen LogP contribution in [0, 0.1) is 0 Å². The number of amides is 2. The highest BCUT2D eigenvalue weighted by Crippen LogP contribution is 2.23. The van der Waals surface area contributed by atoms with Crippen LogP contribution in [0.2, 0.25) is 5.02 Å². The van der Waals surface area contributed by atoms with E-state index in [0.717, 1.165) is 25.2 Å². The molecule has 29 heavy (non-hydrogen) atoms. The van der Waals surface area contributed by atoms with Crippen molar-refractivity contribution in [1.29, 1.82) is 0 Å². The molecule has 154 valence electrons. The second-order valence-electron chi connectivity index (χ2n) is 7.09. The summed E-state index contributed by atoms with van der Waals surface area (Å²) >= 11 is 6.06. The number of rotatable bonds is 8. The SMILES string of the molecule is CCCNC(=O)c1ccc(Cl)cc1NCC(=O)Nc1ccc(N2CCCC2)cc1. The van der Waals surface area contributed by atoms with E-state index in [1.165, 1.54) is 18.5 Å². The number of benzene rings is 2. The van der Waals surface area contributed by atoms with Gasteiger partial charge in [0, 0.05) is 41.7 Å². The first-order valence-electron chi connectivity index (χ1n) is 10.0. The zero-order valence-corrected chi connectivity index (χ0v) is 17.4. The molecule has 0 radical (unpaired) electrons. The van der Waals surface area contributed by atoms with Gasteiger partial charge in [0.05, 0.1) is 12.1 Å². The fourth-order valence-electron chi connectivity index (χ4n) is 3.31. The van der Waals surface area contributed by atoms with Gasteiger partial charge in [-0.2, -0.15) is 0 Å². The van der Waals surface area contributed by atoms with Crippen LogP contribution < -0.4 is 20.9 Å². The Balaban J connectivity index is 1.57.